The molecule has 0 aliphatic heterocycles. The second-order valence-electron chi connectivity index (χ2n) is 13.9. The molecule has 282 valence electrons. The number of Topliss-reactive ketones (excluding diaryl/α,β-unsaturated/α-hetero) is 1. The number of aromatic nitrogens is 3. The number of unbranched alkanes of at least 4 members (excludes halogenated alkanes) is 2. The van der Waals surface area contributed by atoms with E-state index in [0.717, 1.165) is 40.7 Å². The summed E-state index contributed by atoms with van der Waals surface area (Å²) in [6.45, 7) is 16.1. The number of nitrogens with zero attached hydrogens (tertiary/aromatic N) is 3. The van der Waals surface area contributed by atoms with E-state index in [4.69, 9.17) is 21.4 Å². The monoisotopic (exact) mass is 760 g/mol. The lowest BCUT2D eigenvalue weighted by Gasteiger charge is -2.21. The third-order valence-electron chi connectivity index (χ3n) is 8.07. The summed E-state index contributed by atoms with van der Waals surface area (Å²) in [5, 5.41) is 11.6. The molecule has 3 rings (SSSR count). The van der Waals surface area contributed by atoms with Crippen LogP contribution in [0, 0.1) is 18.8 Å². The van der Waals surface area contributed by atoms with Crippen LogP contribution in [0.25, 0.3) is 0 Å². The van der Waals surface area contributed by atoms with E-state index in [1.807, 2.05) is 13.8 Å². The Morgan fingerprint density at radius 2 is 1.25 bits per heavy atom. The maximum atomic E-state index is 14.2. The molecule has 12 nitrogen and oxygen atoms in total. The van der Waals surface area contributed by atoms with Crippen molar-refractivity contribution in [1.82, 2.24) is 30.9 Å². The van der Waals surface area contributed by atoms with E-state index >= 15 is 0 Å². The zero-order valence-corrected chi connectivity index (χ0v) is 33.8. The first-order chi connectivity index (χ1) is 24.1. The Kier molecular flexibility index (Phi) is 16.8. The Balaban J connectivity index is 2.00. The molecule has 0 aliphatic rings. The molecule has 51 heavy (non-hydrogen) atoms. The number of aryl methyl sites for hydroxylation is 2. The van der Waals surface area contributed by atoms with E-state index in [0.29, 0.717) is 76.4 Å². The van der Waals surface area contributed by atoms with Gasteiger partial charge >= 0.3 is 0 Å². The largest absolute Gasteiger partial charge is 0.348 e. The number of amides is 3. The van der Waals surface area contributed by atoms with Gasteiger partial charge in [-0.25, -0.2) is 15.0 Å². The molecule has 0 bridgehead atoms. The summed E-state index contributed by atoms with van der Waals surface area (Å²) >= 11 is 3.98. The van der Waals surface area contributed by atoms with Crippen LogP contribution in [0.3, 0.4) is 0 Å². The molecule has 0 spiro atoms. The van der Waals surface area contributed by atoms with Crippen molar-refractivity contribution >= 4 is 57.5 Å². The topological polar surface area (TPSA) is 195 Å². The first kappa shape index (κ1) is 42.3. The van der Waals surface area contributed by atoms with Crippen LogP contribution in [0.2, 0.25) is 0 Å². The van der Waals surface area contributed by atoms with Crippen molar-refractivity contribution in [3.05, 3.63) is 46.7 Å². The fourth-order valence-corrected chi connectivity index (χ4v) is 9.01. The molecule has 7 N–H and O–H groups in total. The minimum Gasteiger partial charge on any atom is -0.348 e. The van der Waals surface area contributed by atoms with Gasteiger partial charge in [-0.3, -0.25) is 19.2 Å². The van der Waals surface area contributed by atoms with Crippen LogP contribution < -0.4 is 27.4 Å². The van der Waals surface area contributed by atoms with Crippen LogP contribution >= 0.6 is 34.0 Å². The summed E-state index contributed by atoms with van der Waals surface area (Å²) in [5.41, 5.74) is 13.1. The Labute approximate surface area is 314 Å². The van der Waals surface area contributed by atoms with Crippen LogP contribution in [-0.2, 0) is 17.6 Å². The molecule has 3 aromatic rings. The van der Waals surface area contributed by atoms with Crippen LogP contribution in [-0.4, -0.2) is 51.5 Å². The van der Waals surface area contributed by atoms with Crippen molar-refractivity contribution in [3.8, 4) is 0 Å². The van der Waals surface area contributed by atoms with Crippen LogP contribution in [0.5, 0.6) is 0 Å². The number of thiazole rings is 3. The van der Waals surface area contributed by atoms with Crippen molar-refractivity contribution in [1.29, 1.82) is 0 Å². The van der Waals surface area contributed by atoms with Gasteiger partial charge in [0.1, 0.15) is 9.75 Å². The number of carbonyl (C=O) groups excluding carboxylic acids is 4. The van der Waals surface area contributed by atoms with Gasteiger partial charge in [0.25, 0.3) is 11.8 Å². The van der Waals surface area contributed by atoms with Gasteiger partial charge in [-0.1, -0.05) is 27.7 Å². The van der Waals surface area contributed by atoms with Crippen molar-refractivity contribution in [2.75, 3.05) is 13.1 Å². The molecule has 3 aromatic heterocycles. The van der Waals surface area contributed by atoms with E-state index in [2.05, 4.69) is 48.6 Å². The SMILES string of the molecule is CC(=O)N[C@@H](CCCCN)c1nc(CC(C)C)sc1C(=O)N[C@@H](C)c1nc(CCCCN)sc1C(=O)N[C@@H](CC(C)C)c1nc(C)sc1C(C)=O. The second kappa shape index (κ2) is 20.2. The lowest BCUT2D eigenvalue weighted by atomic mass is 9.99. The third kappa shape index (κ3) is 12.5. The zero-order valence-electron chi connectivity index (χ0n) is 31.3. The molecular weight excluding hydrogens is 705 g/mol. The van der Waals surface area contributed by atoms with Gasteiger partial charge in [-0.2, -0.15) is 0 Å². The Hall–Kier alpha value is -3.11. The minimum atomic E-state index is -0.629. The van der Waals surface area contributed by atoms with Gasteiger partial charge < -0.3 is 27.4 Å². The third-order valence-corrected chi connectivity index (χ3v) is 11.4. The van der Waals surface area contributed by atoms with Crippen molar-refractivity contribution in [3.63, 3.8) is 0 Å². The number of carbonyl (C=O) groups is 4. The normalized spacial score (nSPS) is 13.3. The Morgan fingerprint density at radius 1 is 0.667 bits per heavy atom. The van der Waals surface area contributed by atoms with E-state index in [1.54, 1.807) is 0 Å². The summed E-state index contributed by atoms with van der Waals surface area (Å²) in [6.07, 6.45) is 5.73. The highest BCUT2D eigenvalue weighted by Crippen LogP contribution is 2.33. The van der Waals surface area contributed by atoms with Crippen LogP contribution in [0.15, 0.2) is 0 Å². The van der Waals surface area contributed by atoms with E-state index in [-0.39, 0.29) is 29.4 Å². The maximum Gasteiger partial charge on any atom is 0.263 e. The molecule has 0 aliphatic carbocycles. The summed E-state index contributed by atoms with van der Waals surface area (Å²) in [6, 6.07) is -1.55. The Bertz CT molecular complexity index is 1630. The first-order valence-corrected chi connectivity index (χ1v) is 20.4. The van der Waals surface area contributed by atoms with Gasteiger partial charge in [-0.15, -0.1) is 34.0 Å². The van der Waals surface area contributed by atoms with E-state index in [1.165, 1.54) is 47.9 Å². The highest BCUT2D eigenvalue weighted by Gasteiger charge is 2.31. The van der Waals surface area contributed by atoms with E-state index < -0.39 is 18.1 Å². The first-order valence-electron chi connectivity index (χ1n) is 17.9. The number of hydrogen-bond acceptors (Lipinski definition) is 12. The number of nitrogens with two attached hydrogens (primary N) is 2. The molecule has 0 saturated carbocycles. The predicted octanol–water partition coefficient (Wildman–Crippen LogP) is 6.36. The molecular formula is C36H56N8O4S3. The summed E-state index contributed by atoms with van der Waals surface area (Å²) in [4.78, 5) is 68.8. The number of ketones is 1. The highest BCUT2D eigenvalue weighted by molar-refractivity contribution is 7.14. The summed E-state index contributed by atoms with van der Waals surface area (Å²) < 4.78 is 0. The van der Waals surface area contributed by atoms with Gasteiger partial charge in [0.05, 0.1) is 55.1 Å². The summed E-state index contributed by atoms with van der Waals surface area (Å²) in [5.74, 6) is -0.426. The lowest BCUT2D eigenvalue weighted by molar-refractivity contribution is -0.119. The predicted molar refractivity (Wildman–Crippen MR) is 207 cm³/mol. The fraction of sp³-hybridized carbons (Fsp3) is 0.639. The van der Waals surface area contributed by atoms with Crippen molar-refractivity contribution in [2.45, 2.75) is 125 Å². The van der Waals surface area contributed by atoms with Gasteiger partial charge in [0.2, 0.25) is 5.91 Å². The second-order valence-corrected chi connectivity index (χ2v) is 17.2. The van der Waals surface area contributed by atoms with Crippen molar-refractivity contribution < 1.29 is 19.2 Å². The van der Waals surface area contributed by atoms with Crippen LogP contribution in [0.4, 0.5) is 0 Å². The average molecular weight is 761 g/mol. The van der Waals surface area contributed by atoms with Crippen molar-refractivity contribution in [2.24, 2.45) is 23.3 Å². The molecule has 3 atom stereocenters. The van der Waals surface area contributed by atoms with Gasteiger partial charge in [0.15, 0.2) is 5.78 Å². The molecule has 0 saturated heterocycles. The standard InChI is InChI=1S/C36H56N8O4S3/c1-19(2)17-26(31-32(22(6)45)49-24(8)41-31)42-36(48)33-29(43-27(50-33)14-10-12-16-38)21(5)39-35(47)34-30(44-28(51-34)18-20(3)4)25(40-23(7)46)13-9-11-15-37/h19-21,25-26H,9-18,37-38H2,1-8H3,(H,39,47)(H,40,46)(H,42,48)/t21-,25-,26-/m0/s1. The molecule has 0 fully saturated rings. The van der Waals surface area contributed by atoms with Gasteiger partial charge in [-0.05, 0) is 83.7 Å². The quantitative estimate of drug-likeness (QED) is 0.0606. The number of hydrogen-bond donors (Lipinski definition) is 5. The number of nitrogens with one attached hydrogen (secondary N) is 3. The minimum absolute atomic E-state index is 0.0882. The molecule has 0 radical (unpaired) electrons. The molecule has 0 unspecified atom stereocenters. The smallest absolute Gasteiger partial charge is 0.263 e. The average Bonchev–Trinajstić information content (AvgIpc) is 3.77. The van der Waals surface area contributed by atoms with Crippen LogP contribution in [0.1, 0.15) is 166 Å². The highest BCUT2D eigenvalue weighted by atomic mass is 32.1. The Morgan fingerprint density at radius 3 is 1.86 bits per heavy atom. The number of rotatable bonds is 21. The molecule has 0 aromatic carbocycles. The fourth-order valence-electron chi connectivity index (χ4n) is 5.79. The molecule has 3 heterocycles. The zero-order chi connectivity index (χ0) is 37.8. The summed E-state index contributed by atoms with van der Waals surface area (Å²) in [7, 11) is 0. The lowest BCUT2D eigenvalue weighted by Crippen LogP contribution is -2.33. The molecule has 3 amide bonds. The maximum absolute atomic E-state index is 14.2. The van der Waals surface area contributed by atoms with E-state index in [9.17, 15) is 19.2 Å². The molecule has 15 heteroatoms. The van der Waals surface area contributed by atoms with Gasteiger partial charge in [0, 0.05) is 20.3 Å².